The number of nitrogens with zero attached hydrogens (tertiary/aromatic N) is 2. The molecule has 0 aliphatic rings. The molecule has 0 saturated carbocycles. The Hall–Kier alpha value is -1.33. The molecule has 0 aliphatic carbocycles. The van der Waals surface area contributed by atoms with Gasteiger partial charge in [-0.05, 0) is 18.7 Å². The minimum absolute atomic E-state index is 0.142. The second-order valence-electron chi connectivity index (χ2n) is 3.79. The molecule has 94 valence electrons. The van der Waals surface area contributed by atoms with Crippen molar-refractivity contribution >= 4 is 17.4 Å². The molecule has 4 nitrogen and oxygen atoms in total. The molecule has 1 aromatic carbocycles. The molecule has 0 atom stereocenters. The molecular weight excluding hydrogens is 245 g/mol. The van der Waals surface area contributed by atoms with E-state index < -0.39 is 5.82 Å². The first-order valence-electron chi connectivity index (χ1n) is 5.12. The number of hydrogen-bond donors (Lipinski definition) is 2. The van der Waals surface area contributed by atoms with Gasteiger partial charge in [-0.2, -0.15) is 0 Å². The van der Waals surface area contributed by atoms with E-state index >= 15 is 0 Å². The molecule has 0 aromatic heterocycles. The van der Waals surface area contributed by atoms with E-state index in [4.69, 9.17) is 22.5 Å². The molecule has 0 radical (unpaired) electrons. The van der Waals surface area contributed by atoms with Crippen molar-refractivity contribution in [1.82, 2.24) is 4.90 Å². The lowest BCUT2D eigenvalue weighted by molar-refractivity contribution is 0.309. The highest BCUT2D eigenvalue weighted by Gasteiger charge is 2.08. The lowest BCUT2D eigenvalue weighted by atomic mass is 10.2. The lowest BCUT2D eigenvalue weighted by Crippen LogP contribution is -2.24. The van der Waals surface area contributed by atoms with Gasteiger partial charge in [0.05, 0.1) is 5.02 Å². The molecular formula is C11H15ClFN3O. The zero-order valence-electron chi connectivity index (χ0n) is 9.53. The van der Waals surface area contributed by atoms with Gasteiger partial charge in [0.15, 0.2) is 0 Å². The van der Waals surface area contributed by atoms with Crippen LogP contribution in [0.5, 0.6) is 0 Å². The summed E-state index contributed by atoms with van der Waals surface area (Å²) in [5.41, 5.74) is 6.07. The van der Waals surface area contributed by atoms with E-state index in [0.717, 1.165) is 0 Å². The topological polar surface area (TPSA) is 61.8 Å². The Balaban J connectivity index is 2.56. The third-order valence-corrected chi connectivity index (χ3v) is 2.77. The van der Waals surface area contributed by atoms with Crippen molar-refractivity contribution in [3.63, 3.8) is 0 Å². The maximum absolute atomic E-state index is 13.2. The number of halogens is 2. The maximum Gasteiger partial charge on any atom is 0.142 e. The van der Waals surface area contributed by atoms with E-state index in [1.54, 1.807) is 12.1 Å². The minimum atomic E-state index is -0.422. The second-order valence-corrected chi connectivity index (χ2v) is 4.17. The summed E-state index contributed by atoms with van der Waals surface area (Å²) in [7, 11) is 1.85. The first kappa shape index (κ1) is 13.7. The molecule has 3 N–H and O–H groups in total. The van der Waals surface area contributed by atoms with Crippen LogP contribution in [0.2, 0.25) is 5.02 Å². The summed E-state index contributed by atoms with van der Waals surface area (Å²) < 4.78 is 13.2. The zero-order chi connectivity index (χ0) is 12.8. The molecule has 1 aromatic rings. The fourth-order valence-electron chi connectivity index (χ4n) is 1.40. The van der Waals surface area contributed by atoms with Crippen LogP contribution in [-0.4, -0.2) is 29.5 Å². The minimum Gasteiger partial charge on any atom is -0.409 e. The highest BCUT2D eigenvalue weighted by Crippen LogP contribution is 2.20. The summed E-state index contributed by atoms with van der Waals surface area (Å²) in [6, 6.07) is 4.71. The first-order chi connectivity index (χ1) is 8.04. The molecule has 0 fully saturated rings. The molecule has 0 spiro atoms. The van der Waals surface area contributed by atoms with Gasteiger partial charge in [0.1, 0.15) is 11.7 Å². The van der Waals surface area contributed by atoms with E-state index in [1.807, 2.05) is 11.9 Å². The van der Waals surface area contributed by atoms with Crippen molar-refractivity contribution in [3.05, 3.63) is 34.6 Å². The summed E-state index contributed by atoms with van der Waals surface area (Å²) in [4.78, 5) is 1.92. The summed E-state index contributed by atoms with van der Waals surface area (Å²) in [5, 5.41) is 11.4. The molecule has 17 heavy (non-hydrogen) atoms. The van der Waals surface area contributed by atoms with Gasteiger partial charge in [-0.3, -0.25) is 0 Å². The van der Waals surface area contributed by atoms with Crippen LogP contribution in [0.1, 0.15) is 12.0 Å². The molecule has 0 aliphatic heterocycles. The Morgan fingerprint density at radius 3 is 2.94 bits per heavy atom. The highest BCUT2D eigenvalue weighted by atomic mass is 35.5. The van der Waals surface area contributed by atoms with Crippen molar-refractivity contribution in [3.8, 4) is 0 Å². The van der Waals surface area contributed by atoms with Crippen LogP contribution in [0.4, 0.5) is 4.39 Å². The summed E-state index contributed by atoms with van der Waals surface area (Å²) in [6.07, 6.45) is 0.444. The van der Waals surface area contributed by atoms with Crippen LogP contribution in [0.15, 0.2) is 23.4 Å². The van der Waals surface area contributed by atoms with Gasteiger partial charge >= 0.3 is 0 Å². The Labute approximate surface area is 104 Å². The Kier molecular flexibility index (Phi) is 5.18. The number of benzene rings is 1. The first-order valence-corrected chi connectivity index (χ1v) is 5.50. The maximum atomic E-state index is 13.2. The van der Waals surface area contributed by atoms with Gasteiger partial charge in [-0.25, -0.2) is 4.39 Å². The fourth-order valence-corrected chi connectivity index (χ4v) is 1.58. The molecule has 0 bridgehead atoms. The van der Waals surface area contributed by atoms with Crippen LogP contribution in [0.3, 0.4) is 0 Å². The van der Waals surface area contributed by atoms with Crippen molar-refractivity contribution < 1.29 is 9.60 Å². The van der Waals surface area contributed by atoms with Crippen LogP contribution >= 0.6 is 11.6 Å². The Morgan fingerprint density at radius 1 is 1.59 bits per heavy atom. The largest absolute Gasteiger partial charge is 0.409 e. The average Bonchev–Trinajstić information content (AvgIpc) is 2.32. The molecule has 0 saturated heterocycles. The third-order valence-electron chi connectivity index (χ3n) is 2.35. The van der Waals surface area contributed by atoms with E-state index in [2.05, 4.69) is 5.16 Å². The van der Waals surface area contributed by atoms with Crippen LogP contribution in [0, 0.1) is 5.82 Å². The number of oxime groups is 1. The van der Waals surface area contributed by atoms with E-state index in [0.29, 0.717) is 25.1 Å². The standard InChI is InChI=1S/C11H15ClFN3O/c1-16(6-5-10(14)15-17)7-8-3-2-4-9(13)11(8)12/h2-4,17H,5-7H2,1H3,(H2,14,15). The van der Waals surface area contributed by atoms with Gasteiger partial charge in [-0.1, -0.05) is 28.9 Å². The third kappa shape index (κ3) is 4.20. The zero-order valence-corrected chi connectivity index (χ0v) is 10.3. The summed E-state index contributed by atoms with van der Waals surface area (Å²) in [5.74, 6) is -0.254. The molecule has 0 heterocycles. The number of rotatable bonds is 5. The van der Waals surface area contributed by atoms with Gasteiger partial charge in [0.25, 0.3) is 0 Å². The number of hydrogen-bond acceptors (Lipinski definition) is 3. The molecule has 1 rings (SSSR count). The lowest BCUT2D eigenvalue weighted by Gasteiger charge is -2.17. The number of amidine groups is 1. The molecule has 6 heteroatoms. The average molecular weight is 260 g/mol. The second kappa shape index (κ2) is 6.42. The predicted molar refractivity (Wildman–Crippen MR) is 65.8 cm³/mol. The number of nitrogens with two attached hydrogens (primary N) is 1. The van der Waals surface area contributed by atoms with Crippen molar-refractivity contribution in [1.29, 1.82) is 0 Å². The van der Waals surface area contributed by atoms with Gasteiger partial charge < -0.3 is 15.8 Å². The Morgan fingerprint density at radius 2 is 2.29 bits per heavy atom. The molecule has 0 unspecified atom stereocenters. The van der Waals surface area contributed by atoms with Crippen molar-refractivity contribution in [2.24, 2.45) is 10.9 Å². The highest BCUT2D eigenvalue weighted by molar-refractivity contribution is 6.31. The van der Waals surface area contributed by atoms with E-state index in [1.165, 1.54) is 6.07 Å². The van der Waals surface area contributed by atoms with Crippen molar-refractivity contribution in [2.75, 3.05) is 13.6 Å². The monoisotopic (exact) mass is 259 g/mol. The predicted octanol–water partition coefficient (Wildman–Crippen LogP) is 2.05. The van der Waals surface area contributed by atoms with Crippen LogP contribution < -0.4 is 5.73 Å². The quantitative estimate of drug-likeness (QED) is 0.368. The van der Waals surface area contributed by atoms with Crippen molar-refractivity contribution in [2.45, 2.75) is 13.0 Å². The van der Waals surface area contributed by atoms with Gasteiger partial charge in [0, 0.05) is 19.5 Å². The van der Waals surface area contributed by atoms with Gasteiger partial charge in [0.2, 0.25) is 0 Å². The smallest absolute Gasteiger partial charge is 0.142 e. The summed E-state index contributed by atoms with van der Waals surface area (Å²) >= 11 is 5.84. The van der Waals surface area contributed by atoms with Crippen LogP contribution in [-0.2, 0) is 6.54 Å². The summed E-state index contributed by atoms with van der Waals surface area (Å²) in [6.45, 7) is 1.11. The molecule has 0 amide bonds. The van der Waals surface area contributed by atoms with Crippen LogP contribution in [0.25, 0.3) is 0 Å². The Bertz CT molecular complexity index is 412. The van der Waals surface area contributed by atoms with Gasteiger partial charge in [-0.15, -0.1) is 0 Å². The normalized spacial score (nSPS) is 12.1. The van der Waals surface area contributed by atoms with E-state index in [-0.39, 0.29) is 10.9 Å². The fraction of sp³-hybridized carbons (Fsp3) is 0.364. The van der Waals surface area contributed by atoms with E-state index in [9.17, 15) is 4.39 Å². The SMILES string of the molecule is CN(CC/C(N)=N/O)Cc1cccc(F)c1Cl.